The molecule has 0 bridgehead atoms. The summed E-state index contributed by atoms with van der Waals surface area (Å²) < 4.78 is 0. The van der Waals surface area contributed by atoms with E-state index in [-0.39, 0.29) is 12.6 Å². The molecule has 3 N–H and O–H groups in total. The number of hydrogen-bond acceptors (Lipinski definition) is 3. The van der Waals surface area contributed by atoms with E-state index in [1.807, 2.05) is 20.0 Å². The van der Waals surface area contributed by atoms with E-state index in [4.69, 9.17) is 5.11 Å². The standard InChI is InChI=1S/C10H19N3O/c1-7(6-14)4-11-8(2)10-5-12-13-9(10)3/h5,7-8,11,14H,4,6H2,1-3H3,(H,12,13). The summed E-state index contributed by atoms with van der Waals surface area (Å²) in [6, 6.07) is 0.280. The molecule has 0 fully saturated rings. The van der Waals surface area contributed by atoms with Gasteiger partial charge in [-0.1, -0.05) is 6.92 Å². The molecule has 1 aromatic rings. The van der Waals surface area contributed by atoms with Crippen molar-refractivity contribution in [2.24, 2.45) is 5.92 Å². The zero-order chi connectivity index (χ0) is 10.6. The van der Waals surface area contributed by atoms with Gasteiger partial charge in [-0.2, -0.15) is 5.10 Å². The molecule has 0 amide bonds. The topological polar surface area (TPSA) is 60.9 Å². The Morgan fingerprint density at radius 1 is 1.57 bits per heavy atom. The summed E-state index contributed by atoms with van der Waals surface area (Å²) in [6.07, 6.45) is 1.84. The third kappa shape index (κ3) is 2.82. The van der Waals surface area contributed by atoms with Crippen molar-refractivity contribution in [2.75, 3.05) is 13.2 Å². The van der Waals surface area contributed by atoms with Crippen molar-refractivity contribution >= 4 is 0 Å². The molecule has 4 nitrogen and oxygen atoms in total. The fourth-order valence-corrected chi connectivity index (χ4v) is 1.35. The number of aromatic amines is 1. The first-order valence-corrected chi connectivity index (χ1v) is 4.99. The van der Waals surface area contributed by atoms with Gasteiger partial charge in [-0.05, 0) is 19.8 Å². The lowest BCUT2D eigenvalue weighted by Crippen LogP contribution is -2.26. The molecule has 4 heteroatoms. The van der Waals surface area contributed by atoms with Crippen molar-refractivity contribution in [3.63, 3.8) is 0 Å². The highest BCUT2D eigenvalue weighted by Gasteiger charge is 2.10. The monoisotopic (exact) mass is 197 g/mol. The van der Waals surface area contributed by atoms with Gasteiger partial charge in [0, 0.05) is 30.5 Å². The Bertz CT molecular complexity index is 272. The van der Waals surface area contributed by atoms with Crippen LogP contribution in [0.4, 0.5) is 0 Å². The van der Waals surface area contributed by atoms with E-state index in [2.05, 4.69) is 22.4 Å². The summed E-state index contributed by atoms with van der Waals surface area (Å²) in [5, 5.41) is 19.1. The van der Waals surface area contributed by atoms with Crippen LogP contribution in [0.1, 0.15) is 31.1 Å². The number of aliphatic hydroxyl groups excluding tert-OH is 1. The van der Waals surface area contributed by atoms with Crippen molar-refractivity contribution < 1.29 is 5.11 Å². The van der Waals surface area contributed by atoms with Gasteiger partial charge < -0.3 is 10.4 Å². The van der Waals surface area contributed by atoms with Gasteiger partial charge in [-0.15, -0.1) is 0 Å². The fraction of sp³-hybridized carbons (Fsp3) is 0.700. The molecule has 0 saturated carbocycles. The largest absolute Gasteiger partial charge is 0.396 e. The predicted molar refractivity (Wildman–Crippen MR) is 56.0 cm³/mol. The predicted octanol–water partition coefficient (Wildman–Crippen LogP) is 0.997. The SMILES string of the molecule is Cc1[nH]ncc1C(C)NCC(C)CO. The van der Waals surface area contributed by atoms with Gasteiger partial charge in [-0.25, -0.2) is 0 Å². The number of aliphatic hydroxyl groups is 1. The molecule has 2 unspecified atom stereocenters. The molecule has 1 rings (SSSR count). The van der Waals surface area contributed by atoms with E-state index in [0.29, 0.717) is 5.92 Å². The number of nitrogens with one attached hydrogen (secondary N) is 2. The molecule has 0 aliphatic rings. The van der Waals surface area contributed by atoms with Gasteiger partial charge >= 0.3 is 0 Å². The Kier molecular flexibility index (Phi) is 4.10. The quantitative estimate of drug-likeness (QED) is 0.660. The van der Waals surface area contributed by atoms with Crippen LogP contribution in [0.2, 0.25) is 0 Å². The van der Waals surface area contributed by atoms with Gasteiger partial charge in [0.1, 0.15) is 0 Å². The average molecular weight is 197 g/mol. The first-order chi connectivity index (χ1) is 6.65. The average Bonchev–Trinajstić information content (AvgIpc) is 2.60. The maximum atomic E-state index is 8.87. The number of nitrogens with zero attached hydrogens (tertiary/aromatic N) is 1. The van der Waals surface area contributed by atoms with E-state index in [0.717, 1.165) is 12.2 Å². The van der Waals surface area contributed by atoms with Gasteiger partial charge in [0.15, 0.2) is 0 Å². The van der Waals surface area contributed by atoms with Crippen LogP contribution in [-0.4, -0.2) is 28.5 Å². The van der Waals surface area contributed by atoms with Crippen LogP contribution >= 0.6 is 0 Å². The third-order valence-electron chi connectivity index (χ3n) is 2.42. The van der Waals surface area contributed by atoms with Crippen molar-refractivity contribution in [2.45, 2.75) is 26.8 Å². The van der Waals surface area contributed by atoms with E-state index in [1.165, 1.54) is 5.56 Å². The van der Waals surface area contributed by atoms with Crippen molar-refractivity contribution in [1.82, 2.24) is 15.5 Å². The summed E-state index contributed by atoms with van der Waals surface area (Å²) in [5.41, 5.74) is 2.29. The zero-order valence-corrected chi connectivity index (χ0v) is 9.04. The highest BCUT2D eigenvalue weighted by molar-refractivity contribution is 5.18. The van der Waals surface area contributed by atoms with Crippen LogP contribution in [0.3, 0.4) is 0 Å². The first kappa shape index (κ1) is 11.2. The first-order valence-electron chi connectivity index (χ1n) is 4.99. The molecule has 1 aromatic heterocycles. The van der Waals surface area contributed by atoms with E-state index >= 15 is 0 Å². The summed E-state index contributed by atoms with van der Waals surface area (Å²) >= 11 is 0. The number of rotatable bonds is 5. The van der Waals surface area contributed by atoms with Crippen LogP contribution in [0.15, 0.2) is 6.20 Å². The van der Waals surface area contributed by atoms with E-state index < -0.39 is 0 Å². The molecule has 0 aromatic carbocycles. The van der Waals surface area contributed by atoms with E-state index in [1.54, 1.807) is 0 Å². The molecule has 0 radical (unpaired) electrons. The molecular formula is C10H19N3O. The molecule has 0 saturated heterocycles. The van der Waals surface area contributed by atoms with E-state index in [9.17, 15) is 0 Å². The summed E-state index contributed by atoms with van der Waals surface area (Å²) in [7, 11) is 0. The second-order valence-corrected chi connectivity index (χ2v) is 3.87. The maximum Gasteiger partial charge on any atom is 0.0537 e. The highest BCUT2D eigenvalue weighted by Crippen LogP contribution is 2.14. The van der Waals surface area contributed by atoms with Gasteiger partial charge in [0.2, 0.25) is 0 Å². The Labute approximate surface area is 84.7 Å². The Hall–Kier alpha value is -0.870. The van der Waals surface area contributed by atoms with Crippen LogP contribution in [0.5, 0.6) is 0 Å². The second kappa shape index (κ2) is 5.12. The molecule has 0 aliphatic carbocycles. The lowest BCUT2D eigenvalue weighted by molar-refractivity contribution is 0.231. The van der Waals surface area contributed by atoms with Crippen molar-refractivity contribution in [1.29, 1.82) is 0 Å². The molecule has 0 spiro atoms. The lowest BCUT2D eigenvalue weighted by Gasteiger charge is -2.15. The minimum absolute atomic E-state index is 0.226. The Morgan fingerprint density at radius 3 is 2.79 bits per heavy atom. The highest BCUT2D eigenvalue weighted by atomic mass is 16.3. The summed E-state index contributed by atoms with van der Waals surface area (Å²) in [4.78, 5) is 0. The van der Waals surface area contributed by atoms with Gasteiger partial charge in [-0.3, -0.25) is 5.10 Å². The Balaban J connectivity index is 2.43. The Morgan fingerprint density at radius 2 is 2.29 bits per heavy atom. The summed E-state index contributed by atoms with van der Waals surface area (Å²) in [6.45, 7) is 7.17. The number of hydrogen-bond donors (Lipinski definition) is 3. The van der Waals surface area contributed by atoms with Crippen LogP contribution in [0.25, 0.3) is 0 Å². The van der Waals surface area contributed by atoms with Crippen LogP contribution in [-0.2, 0) is 0 Å². The molecule has 14 heavy (non-hydrogen) atoms. The fourth-order valence-electron chi connectivity index (χ4n) is 1.35. The van der Waals surface area contributed by atoms with Gasteiger partial charge in [0.25, 0.3) is 0 Å². The molecule has 0 aliphatic heterocycles. The van der Waals surface area contributed by atoms with Gasteiger partial charge in [0.05, 0.1) is 6.20 Å². The minimum atomic E-state index is 0.226. The van der Waals surface area contributed by atoms with Crippen LogP contribution < -0.4 is 5.32 Å². The maximum absolute atomic E-state index is 8.87. The number of H-pyrrole nitrogens is 1. The summed E-state index contributed by atoms with van der Waals surface area (Å²) in [5.74, 6) is 0.296. The third-order valence-corrected chi connectivity index (χ3v) is 2.42. The number of aromatic nitrogens is 2. The van der Waals surface area contributed by atoms with Crippen molar-refractivity contribution in [3.05, 3.63) is 17.5 Å². The molecular weight excluding hydrogens is 178 g/mol. The molecule has 80 valence electrons. The molecule has 2 atom stereocenters. The molecule has 1 heterocycles. The van der Waals surface area contributed by atoms with Crippen molar-refractivity contribution in [3.8, 4) is 0 Å². The number of aryl methyl sites for hydroxylation is 1. The van der Waals surface area contributed by atoms with Crippen LogP contribution in [0, 0.1) is 12.8 Å². The lowest BCUT2D eigenvalue weighted by atomic mass is 10.1. The smallest absolute Gasteiger partial charge is 0.0537 e. The normalized spacial score (nSPS) is 15.4. The minimum Gasteiger partial charge on any atom is -0.396 e. The zero-order valence-electron chi connectivity index (χ0n) is 9.04. The second-order valence-electron chi connectivity index (χ2n) is 3.87.